The number of benzene rings is 1. The van der Waals surface area contributed by atoms with Gasteiger partial charge in [-0.2, -0.15) is 0 Å². The van der Waals surface area contributed by atoms with E-state index in [0.29, 0.717) is 24.2 Å². The molecule has 3 heteroatoms. The van der Waals surface area contributed by atoms with Crippen LogP contribution in [0.2, 0.25) is 0 Å². The minimum atomic E-state index is -0.258. The lowest BCUT2D eigenvalue weighted by atomic mass is 9.48. The summed E-state index contributed by atoms with van der Waals surface area (Å²) >= 11 is 0. The SMILES string of the molecule is C=CC1CCC2C3C=C(F)C4=CC(Nc5ccccc5)=C(C=N)CC4(C)C3CCC12C. The van der Waals surface area contributed by atoms with Gasteiger partial charge in [-0.1, -0.05) is 38.1 Å². The molecule has 0 saturated heterocycles. The summed E-state index contributed by atoms with van der Waals surface area (Å²) in [6.07, 6.45) is 12.9. The molecule has 2 N–H and O–H groups in total. The van der Waals surface area contributed by atoms with E-state index < -0.39 is 0 Å². The number of halogens is 1. The van der Waals surface area contributed by atoms with Gasteiger partial charge in [0.1, 0.15) is 5.83 Å². The summed E-state index contributed by atoms with van der Waals surface area (Å²) in [5, 5.41) is 11.5. The number of rotatable bonds is 4. The van der Waals surface area contributed by atoms with Gasteiger partial charge in [0.25, 0.3) is 0 Å². The lowest BCUT2D eigenvalue weighted by Crippen LogP contribution is -2.49. The molecule has 6 atom stereocenters. The number of anilines is 1. The van der Waals surface area contributed by atoms with Gasteiger partial charge >= 0.3 is 0 Å². The summed E-state index contributed by atoms with van der Waals surface area (Å²) < 4.78 is 15.7. The molecule has 5 rings (SSSR count). The van der Waals surface area contributed by atoms with Crippen LogP contribution >= 0.6 is 0 Å². The van der Waals surface area contributed by atoms with E-state index >= 15 is 4.39 Å². The van der Waals surface area contributed by atoms with Gasteiger partial charge in [-0.05, 0) is 96.6 Å². The second kappa shape index (κ2) is 7.32. The van der Waals surface area contributed by atoms with E-state index in [9.17, 15) is 0 Å². The van der Waals surface area contributed by atoms with E-state index in [1.807, 2.05) is 42.5 Å². The first-order valence-electron chi connectivity index (χ1n) is 11.7. The first-order chi connectivity index (χ1) is 14.9. The Labute approximate surface area is 185 Å². The van der Waals surface area contributed by atoms with Crippen molar-refractivity contribution < 1.29 is 4.39 Å². The Morgan fingerprint density at radius 1 is 1.13 bits per heavy atom. The normalized spacial score (nSPS) is 38.9. The third-order valence-electron chi connectivity index (χ3n) is 9.14. The van der Waals surface area contributed by atoms with Gasteiger partial charge < -0.3 is 10.7 Å². The molecule has 2 fully saturated rings. The molecular weight excluding hydrogens is 383 g/mol. The molecule has 1 aromatic rings. The Bertz CT molecular complexity index is 1000. The van der Waals surface area contributed by atoms with Crippen LogP contribution in [0, 0.1) is 39.9 Å². The molecule has 0 bridgehead atoms. The smallest absolute Gasteiger partial charge is 0.123 e. The number of nitrogens with one attached hydrogen (secondary N) is 2. The minimum Gasteiger partial charge on any atom is -0.355 e. The second-order valence-corrected chi connectivity index (χ2v) is 10.5. The first-order valence-corrected chi connectivity index (χ1v) is 11.7. The van der Waals surface area contributed by atoms with Gasteiger partial charge in [0.15, 0.2) is 0 Å². The molecule has 4 aliphatic rings. The summed E-state index contributed by atoms with van der Waals surface area (Å²) in [7, 11) is 0. The fraction of sp³-hybridized carbons (Fsp3) is 0.464. The van der Waals surface area contributed by atoms with Crippen LogP contribution in [0.15, 0.2) is 77.8 Å². The van der Waals surface area contributed by atoms with E-state index in [0.717, 1.165) is 29.0 Å². The second-order valence-electron chi connectivity index (χ2n) is 10.5. The van der Waals surface area contributed by atoms with Crippen LogP contribution in [-0.2, 0) is 0 Å². The van der Waals surface area contributed by atoms with E-state index in [-0.39, 0.29) is 22.6 Å². The highest BCUT2D eigenvalue weighted by Crippen LogP contribution is 2.66. The van der Waals surface area contributed by atoms with Crippen molar-refractivity contribution in [2.45, 2.75) is 46.0 Å². The lowest BCUT2D eigenvalue weighted by molar-refractivity contribution is -0.00558. The molecule has 1 aromatic carbocycles. The summed E-state index contributed by atoms with van der Waals surface area (Å²) in [6.45, 7) is 8.76. The van der Waals surface area contributed by atoms with Crippen molar-refractivity contribution in [3.63, 3.8) is 0 Å². The predicted molar refractivity (Wildman–Crippen MR) is 127 cm³/mol. The Kier molecular flexibility index (Phi) is 4.84. The van der Waals surface area contributed by atoms with Crippen LogP contribution in [0.5, 0.6) is 0 Å². The van der Waals surface area contributed by atoms with Crippen molar-refractivity contribution in [1.82, 2.24) is 0 Å². The van der Waals surface area contributed by atoms with Crippen LogP contribution in [0.1, 0.15) is 46.0 Å². The molecule has 0 radical (unpaired) electrons. The largest absolute Gasteiger partial charge is 0.355 e. The molecule has 4 aliphatic carbocycles. The van der Waals surface area contributed by atoms with Gasteiger partial charge in [-0.3, -0.25) is 0 Å². The number of allylic oxidation sites excluding steroid dienone is 6. The molecule has 0 aliphatic heterocycles. The van der Waals surface area contributed by atoms with Crippen molar-refractivity contribution in [3.8, 4) is 0 Å². The Morgan fingerprint density at radius 3 is 2.61 bits per heavy atom. The third-order valence-corrected chi connectivity index (χ3v) is 9.14. The highest BCUT2D eigenvalue weighted by molar-refractivity contribution is 5.81. The zero-order valence-corrected chi connectivity index (χ0v) is 18.6. The van der Waals surface area contributed by atoms with E-state index in [1.54, 1.807) is 0 Å². The fourth-order valence-corrected chi connectivity index (χ4v) is 7.44. The van der Waals surface area contributed by atoms with Crippen LogP contribution in [0.25, 0.3) is 0 Å². The van der Waals surface area contributed by atoms with Gasteiger partial charge in [-0.25, -0.2) is 4.39 Å². The summed E-state index contributed by atoms with van der Waals surface area (Å²) in [5.41, 5.74) is 3.58. The summed E-state index contributed by atoms with van der Waals surface area (Å²) in [4.78, 5) is 0. The molecular formula is C28H33FN2. The van der Waals surface area contributed by atoms with Crippen molar-refractivity contribution in [2.24, 2.45) is 34.5 Å². The standard InChI is InChI=1S/C28H33FN2/c1-4-19-10-11-22-21-14-25(29)24-15-26(31-20-8-6-5-7-9-20)18(17-30)16-28(24,3)23(21)12-13-27(19,22)2/h4-9,14-15,17,19,21-23,30-31H,1,10-13,16H2,2-3H3. The molecule has 2 saturated carbocycles. The molecule has 2 nitrogen and oxygen atoms in total. The number of fused-ring (bicyclic) bond motifs is 5. The maximum absolute atomic E-state index is 15.7. The number of para-hydroxylation sites is 1. The topological polar surface area (TPSA) is 35.9 Å². The van der Waals surface area contributed by atoms with E-state index in [2.05, 4.69) is 31.8 Å². The van der Waals surface area contributed by atoms with E-state index in [1.165, 1.54) is 25.5 Å². The Hall–Kier alpha value is -2.42. The molecule has 0 spiro atoms. The van der Waals surface area contributed by atoms with Crippen molar-refractivity contribution in [2.75, 3.05) is 5.32 Å². The Balaban J connectivity index is 1.54. The molecule has 31 heavy (non-hydrogen) atoms. The predicted octanol–water partition coefficient (Wildman–Crippen LogP) is 7.45. The van der Waals surface area contributed by atoms with Crippen molar-refractivity contribution in [3.05, 3.63) is 77.8 Å². The zero-order valence-electron chi connectivity index (χ0n) is 18.6. The molecule has 6 unspecified atom stereocenters. The minimum absolute atomic E-state index is 0.0496. The highest BCUT2D eigenvalue weighted by atomic mass is 19.1. The maximum atomic E-state index is 15.7. The fourth-order valence-electron chi connectivity index (χ4n) is 7.44. The third kappa shape index (κ3) is 3.00. The molecule has 0 heterocycles. The van der Waals surface area contributed by atoms with Crippen molar-refractivity contribution >= 4 is 11.9 Å². The zero-order chi connectivity index (χ0) is 21.8. The number of hydrogen-bond donors (Lipinski definition) is 2. The quantitative estimate of drug-likeness (QED) is 0.388. The van der Waals surface area contributed by atoms with Crippen LogP contribution in [-0.4, -0.2) is 6.21 Å². The lowest BCUT2D eigenvalue weighted by Gasteiger charge is -2.56. The van der Waals surface area contributed by atoms with Crippen LogP contribution in [0.4, 0.5) is 10.1 Å². The van der Waals surface area contributed by atoms with Crippen LogP contribution < -0.4 is 5.32 Å². The highest BCUT2D eigenvalue weighted by Gasteiger charge is 2.58. The molecule has 0 aromatic heterocycles. The maximum Gasteiger partial charge on any atom is 0.123 e. The number of hydrogen-bond acceptors (Lipinski definition) is 2. The average molecular weight is 417 g/mol. The van der Waals surface area contributed by atoms with Gasteiger partial charge in [0, 0.05) is 23.0 Å². The van der Waals surface area contributed by atoms with Crippen molar-refractivity contribution in [1.29, 1.82) is 5.41 Å². The van der Waals surface area contributed by atoms with Gasteiger partial charge in [-0.15, -0.1) is 6.58 Å². The molecule has 162 valence electrons. The summed E-state index contributed by atoms with van der Waals surface area (Å²) in [5.74, 6) is 1.72. The van der Waals surface area contributed by atoms with Gasteiger partial charge in [0.05, 0.1) is 0 Å². The van der Waals surface area contributed by atoms with Gasteiger partial charge in [0.2, 0.25) is 0 Å². The first kappa shape index (κ1) is 20.5. The van der Waals surface area contributed by atoms with Crippen LogP contribution in [0.3, 0.4) is 0 Å². The summed E-state index contributed by atoms with van der Waals surface area (Å²) in [6, 6.07) is 9.95. The monoisotopic (exact) mass is 416 g/mol. The average Bonchev–Trinajstić information content (AvgIpc) is 3.11. The Morgan fingerprint density at radius 2 is 1.90 bits per heavy atom. The van der Waals surface area contributed by atoms with E-state index in [4.69, 9.17) is 5.41 Å². The molecule has 0 amide bonds.